The Bertz CT molecular complexity index is 258. The second kappa shape index (κ2) is 6.33. The summed E-state index contributed by atoms with van der Waals surface area (Å²) < 4.78 is 0. The molecule has 0 saturated carbocycles. The van der Waals surface area contributed by atoms with Crippen LogP contribution in [0.15, 0.2) is 0 Å². The second-order valence-electron chi connectivity index (χ2n) is 5.18. The monoisotopic (exact) mass is 243 g/mol. The molecule has 0 spiro atoms. The van der Waals surface area contributed by atoms with Gasteiger partial charge < -0.3 is 15.3 Å². The van der Waals surface area contributed by atoms with Gasteiger partial charge in [0.25, 0.3) is 0 Å². The summed E-state index contributed by atoms with van der Waals surface area (Å²) in [7, 11) is 4.17. The molecule has 2 N–H and O–H groups in total. The molecule has 1 heterocycles. The fraction of sp³-hybridized carbons (Fsp3) is 0.917. The van der Waals surface area contributed by atoms with Gasteiger partial charge in [-0.2, -0.15) is 0 Å². The minimum Gasteiger partial charge on any atom is -0.480 e. The van der Waals surface area contributed by atoms with Gasteiger partial charge in [-0.3, -0.25) is 9.69 Å². The van der Waals surface area contributed by atoms with Crippen molar-refractivity contribution in [3.63, 3.8) is 0 Å². The Balaban J connectivity index is 2.50. The Kier molecular flexibility index (Phi) is 5.36. The zero-order valence-corrected chi connectivity index (χ0v) is 11.3. The Morgan fingerprint density at radius 2 is 2.18 bits per heavy atom. The van der Waals surface area contributed by atoms with Crippen LogP contribution < -0.4 is 5.32 Å². The van der Waals surface area contributed by atoms with Crippen LogP contribution in [0.2, 0.25) is 0 Å². The van der Waals surface area contributed by atoms with Gasteiger partial charge in [-0.05, 0) is 26.6 Å². The van der Waals surface area contributed by atoms with E-state index in [0.717, 1.165) is 13.1 Å². The number of hydrogen-bond acceptors (Lipinski definition) is 4. The summed E-state index contributed by atoms with van der Waals surface area (Å²) in [6.45, 7) is 7.40. The summed E-state index contributed by atoms with van der Waals surface area (Å²) in [5.41, 5.74) is 0. The van der Waals surface area contributed by atoms with Gasteiger partial charge in [-0.1, -0.05) is 13.8 Å². The highest BCUT2D eigenvalue weighted by Gasteiger charge is 2.33. The molecule has 0 aromatic rings. The van der Waals surface area contributed by atoms with Crippen LogP contribution in [0.25, 0.3) is 0 Å². The van der Waals surface area contributed by atoms with Crippen molar-refractivity contribution in [3.05, 3.63) is 0 Å². The summed E-state index contributed by atoms with van der Waals surface area (Å²) in [6.07, 6.45) is 0. The van der Waals surface area contributed by atoms with E-state index in [-0.39, 0.29) is 0 Å². The maximum atomic E-state index is 11.1. The van der Waals surface area contributed by atoms with Crippen molar-refractivity contribution in [1.29, 1.82) is 0 Å². The molecule has 0 bridgehead atoms. The number of carboxylic acid groups (broad SMARTS) is 1. The average Bonchev–Trinajstić information content (AvgIpc) is 2.59. The lowest BCUT2D eigenvalue weighted by molar-refractivity contribution is -0.139. The summed E-state index contributed by atoms with van der Waals surface area (Å²) in [4.78, 5) is 15.6. The third-order valence-electron chi connectivity index (χ3n) is 3.50. The number of aliphatic carboxylic acids is 1. The van der Waals surface area contributed by atoms with Crippen LogP contribution in [0.4, 0.5) is 0 Å². The molecule has 0 aromatic heterocycles. The zero-order chi connectivity index (χ0) is 13.0. The molecule has 100 valence electrons. The molecule has 3 unspecified atom stereocenters. The van der Waals surface area contributed by atoms with E-state index in [0.29, 0.717) is 25.0 Å². The molecule has 5 heteroatoms. The van der Waals surface area contributed by atoms with Crippen molar-refractivity contribution in [2.24, 2.45) is 5.92 Å². The highest BCUT2D eigenvalue weighted by atomic mass is 16.4. The topological polar surface area (TPSA) is 55.8 Å². The lowest BCUT2D eigenvalue weighted by Crippen LogP contribution is -2.46. The standard InChI is InChI=1S/C12H25N3O2/c1-5-13-10(12(16)17)7-15-6-9(2)11(8-15)14(3)4/h9-11,13H,5-8H2,1-4H3,(H,16,17). The van der Waals surface area contributed by atoms with E-state index in [1.165, 1.54) is 0 Å². The molecule has 1 aliphatic heterocycles. The number of carbonyl (C=O) groups is 1. The van der Waals surface area contributed by atoms with Gasteiger partial charge in [0.15, 0.2) is 0 Å². The lowest BCUT2D eigenvalue weighted by Gasteiger charge is -2.23. The lowest BCUT2D eigenvalue weighted by atomic mass is 10.1. The molecule has 0 aromatic carbocycles. The van der Waals surface area contributed by atoms with Gasteiger partial charge in [0.1, 0.15) is 6.04 Å². The van der Waals surface area contributed by atoms with Gasteiger partial charge in [0.05, 0.1) is 0 Å². The van der Waals surface area contributed by atoms with Crippen LogP contribution in [-0.4, -0.2) is 73.2 Å². The van der Waals surface area contributed by atoms with E-state index in [1.54, 1.807) is 0 Å². The first-order valence-electron chi connectivity index (χ1n) is 6.30. The first-order chi connectivity index (χ1) is 7.95. The molecule has 17 heavy (non-hydrogen) atoms. The number of rotatable bonds is 6. The molecule has 1 aliphatic rings. The Morgan fingerprint density at radius 3 is 2.59 bits per heavy atom. The summed E-state index contributed by atoms with van der Waals surface area (Å²) >= 11 is 0. The number of carboxylic acids is 1. The predicted octanol–water partition coefficient (Wildman–Crippen LogP) is -0.0690. The summed E-state index contributed by atoms with van der Waals surface area (Å²) in [6, 6.07) is 0.0826. The normalized spacial score (nSPS) is 27.6. The van der Waals surface area contributed by atoms with E-state index in [2.05, 4.69) is 36.1 Å². The van der Waals surface area contributed by atoms with Gasteiger partial charge in [0, 0.05) is 25.7 Å². The van der Waals surface area contributed by atoms with Crippen LogP contribution in [0, 0.1) is 5.92 Å². The van der Waals surface area contributed by atoms with Gasteiger partial charge in [-0.25, -0.2) is 0 Å². The number of hydrogen-bond donors (Lipinski definition) is 2. The molecule has 3 atom stereocenters. The quantitative estimate of drug-likeness (QED) is 0.684. The Morgan fingerprint density at radius 1 is 1.53 bits per heavy atom. The minimum atomic E-state index is -0.757. The molecular formula is C12H25N3O2. The van der Waals surface area contributed by atoms with Gasteiger partial charge in [0.2, 0.25) is 0 Å². The highest BCUT2D eigenvalue weighted by molar-refractivity contribution is 5.73. The fourth-order valence-corrected chi connectivity index (χ4v) is 2.60. The second-order valence-corrected chi connectivity index (χ2v) is 5.18. The van der Waals surface area contributed by atoms with Crippen molar-refractivity contribution in [2.45, 2.75) is 25.9 Å². The van der Waals surface area contributed by atoms with Crippen molar-refractivity contribution in [3.8, 4) is 0 Å². The largest absolute Gasteiger partial charge is 0.480 e. The van der Waals surface area contributed by atoms with Crippen LogP contribution in [0.5, 0.6) is 0 Å². The van der Waals surface area contributed by atoms with Crippen molar-refractivity contribution in [2.75, 3.05) is 40.3 Å². The number of nitrogens with zero attached hydrogens (tertiary/aromatic N) is 2. The SMILES string of the molecule is CCNC(CN1CC(C)C(N(C)C)C1)C(=O)O. The van der Waals surface area contributed by atoms with Crippen LogP contribution in [0.3, 0.4) is 0 Å². The van der Waals surface area contributed by atoms with E-state index in [4.69, 9.17) is 5.11 Å². The number of nitrogens with one attached hydrogen (secondary N) is 1. The van der Waals surface area contributed by atoms with Gasteiger partial charge in [-0.15, -0.1) is 0 Å². The first kappa shape index (κ1) is 14.4. The number of likely N-dealkylation sites (tertiary alicyclic amines) is 1. The smallest absolute Gasteiger partial charge is 0.322 e. The fourth-order valence-electron chi connectivity index (χ4n) is 2.60. The zero-order valence-electron chi connectivity index (χ0n) is 11.3. The van der Waals surface area contributed by atoms with Gasteiger partial charge >= 0.3 is 5.97 Å². The van der Waals surface area contributed by atoms with Crippen LogP contribution >= 0.6 is 0 Å². The summed E-state index contributed by atoms with van der Waals surface area (Å²) in [5.74, 6) is -0.158. The van der Waals surface area contributed by atoms with Crippen molar-refractivity contribution >= 4 is 5.97 Å². The Labute approximate surface area is 104 Å². The molecule has 0 radical (unpaired) electrons. The van der Waals surface area contributed by atoms with Crippen LogP contribution in [0.1, 0.15) is 13.8 Å². The molecule has 0 aliphatic carbocycles. The van der Waals surface area contributed by atoms with E-state index in [1.807, 2.05) is 6.92 Å². The molecule has 0 amide bonds. The average molecular weight is 243 g/mol. The molecule has 1 fully saturated rings. The molecular weight excluding hydrogens is 218 g/mol. The third kappa shape index (κ3) is 3.94. The molecule has 5 nitrogen and oxygen atoms in total. The Hall–Kier alpha value is -0.650. The predicted molar refractivity (Wildman–Crippen MR) is 68.2 cm³/mol. The molecule has 1 saturated heterocycles. The third-order valence-corrected chi connectivity index (χ3v) is 3.50. The maximum absolute atomic E-state index is 11.1. The summed E-state index contributed by atoms with van der Waals surface area (Å²) in [5, 5.41) is 12.1. The van der Waals surface area contributed by atoms with E-state index >= 15 is 0 Å². The number of likely N-dealkylation sites (N-methyl/N-ethyl adjacent to an activating group) is 2. The van der Waals surface area contributed by atoms with Crippen molar-refractivity contribution in [1.82, 2.24) is 15.1 Å². The highest BCUT2D eigenvalue weighted by Crippen LogP contribution is 2.19. The first-order valence-corrected chi connectivity index (χ1v) is 6.30. The van der Waals surface area contributed by atoms with E-state index in [9.17, 15) is 4.79 Å². The molecule has 1 rings (SSSR count). The van der Waals surface area contributed by atoms with E-state index < -0.39 is 12.0 Å². The van der Waals surface area contributed by atoms with Crippen LogP contribution in [-0.2, 0) is 4.79 Å². The minimum absolute atomic E-state index is 0.451. The van der Waals surface area contributed by atoms with Crippen molar-refractivity contribution < 1.29 is 9.90 Å². The maximum Gasteiger partial charge on any atom is 0.322 e.